The van der Waals surface area contributed by atoms with E-state index in [-0.39, 0.29) is 22.9 Å². The molecule has 0 aliphatic rings. The second-order valence-electron chi connectivity index (χ2n) is 7.05. The first-order chi connectivity index (χ1) is 15.3. The Balaban J connectivity index is 1.53. The number of non-ortho nitro benzene ring substituents is 1. The van der Waals surface area contributed by atoms with E-state index < -0.39 is 4.92 Å². The topological polar surface area (TPSA) is 107 Å². The fourth-order valence-corrected chi connectivity index (χ4v) is 4.99. The summed E-state index contributed by atoms with van der Waals surface area (Å²) in [5.41, 5.74) is 2.70. The molecule has 2 aromatic carbocycles. The van der Waals surface area contributed by atoms with Gasteiger partial charge in [-0.05, 0) is 24.1 Å². The second kappa shape index (κ2) is 8.93. The molecule has 0 saturated carbocycles. The van der Waals surface area contributed by atoms with Crippen LogP contribution in [0.5, 0.6) is 0 Å². The molecule has 2 heterocycles. The predicted octanol–water partition coefficient (Wildman–Crippen LogP) is 4.61. The summed E-state index contributed by atoms with van der Waals surface area (Å²) in [6, 6.07) is 13.9. The second-order valence-corrected chi connectivity index (χ2v) is 8.85. The highest BCUT2D eigenvalue weighted by Gasteiger charge is 2.17. The maximum absolute atomic E-state index is 13.0. The fourth-order valence-electron chi connectivity index (χ4n) is 3.23. The third kappa shape index (κ3) is 4.27. The summed E-state index contributed by atoms with van der Waals surface area (Å²) in [5.74, 6) is -0.253. The number of aryl methyl sites for hydroxylation is 1. The number of carbonyl (C=O) groups is 1. The van der Waals surface area contributed by atoms with Crippen molar-refractivity contribution in [1.29, 1.82) is 0 Å². The number of rotatable bonds is 6. The highest BCUT2D eigenvalue weighted by atomic mass is 32.2. The summed E-state index contributed by atoms with van der Waals surface area (Å²) in [6.45, 7) is 1.69. The average molecular weight is 467 g/mol. The third-order valence-electron chi connectivity index (χ3n) is 4.89. The molecule has 10 heteroatoms. The van der Waals surface area contributed by atoms with Crippen molar-refractivity contribution in [3.05, 3.63) is 79.9 Å². The maximum Gasteiger partial charge on any atom is 0.269 e. The molecule has 0 unspecified atom stereocenters. The monoisotopic (exact) mass is 466 g/mol. The van der Waals surface area contributed by atoms with Gasteiger partial charge in [-0.3, -0.25) is 24.3 Å². The molecule has 0 bridgehead atoms. The molecule has 0 spiro atoms. The van der Waals surface area contributed by atoms with E-state index in [1.54, 1.807) is 14.0 Å². The Hall–Kier alpha value is -3.50. The van der Waals surface area contributed by atoms with Gasteiger partial charge in [0.1, 0.15) is 4.83 Å². The number of aromatic nitrogens is 2. The summed E-state index contributed by atoms with van der Waals surface area (Å²) >= 11 is 2.56. The molecular formula is C22H18N4O4S2. The van der Waals surface area contributed by atoms with Gasteiger partial charge in [0.25, 0.3) is 11.2 Å². The van der Waals surface area contributed by atoms with E-state index in [4.69, 9.17) is 0 Å². The summed E-state index contributed by atoms with van der Waals surface area (Å²) in [6.07, 6.45) is 0. The first-order valence-corrected chi connectivity index (χ1v) is 11.4. The number of thiophene rings is 1. The molecule has 4 aromatic rings. The summed E-state index contributed by atoms with van der Waals surface area (Å²) in [4.78, 5) is 41.1. The smallest absolute Gasteiger partial charge is 0.269 e. The van der Waals surface area contributed by atoms with Gasteiger partial charge < -0.3 is 5.32 Å². The largest absolute Gasteiger partial charge is 0.325 e. The minimum absolute atomic E-state index is 0.0341. The number of anilines is 1. The zero-order valence-corrected chi connectivity index (χ0v) is 18.8. The number of hydrogen-bond donors (Lipinski definition) is 1. The minimum atomic E-state index is -0.482. The quantitative estimate of drug-likeness (QED) is 0.192. The number of nitro benzene ring substituents is 1. The molecule has 0 aliphatic heterocycles. The van der Waals surface area contributed by atoms with E-state index in [1.807, 2.05) is 35.7 Å². The molecule has 0 radical (unpaired) electrons. The molecular weight excluding hydrogens is 448 g/mol. The molecule has 1 N–H and O–H groups in total. The number of benzene rings is 2. The Morgan fingerprint density at radius 2 is 2.00 bits per heavy atom. The Kier molecular flexibility index (Phi) is 6.06. The van der Waals surface area contributed by atoms with Gasteiger partial charge in [0.15, 0.2) is 5.16 Å². The number of nitrogens with zero attached hydrogens (tertiary/aromatic N) is 3. The SMILES string of the molecule is Cc1cc([N+](=O)[O-])ccc1NC(=O)CSc1nc2scc(-c3ccccc3)c2c(=O)n1C. The molecule has 2 aromatic heterocycles. The Morgan fingerprint density at radius 1 is 1.25 bits per heavy atom. The van der Waals surface area contributed by atoms with Gasteiger partial charge in [-0.25, -0.2) is 4.98 Å². The lowest BCUT2D eigenvalue weighted by atomic mass is 10.1. The molecule has 162 valence electrons. The summed E-state index contributed by atoms with van der Waals surface area (Å²) < 4.78 is 1.45. The van der Waals surface area contributed by atoms with Gasteiger partial charge >= 0.3 is 0 Å². The first kappa shape index (κ1) is 21.7. The van der Waals surface area contributed by atoms with Crippen LogP contribution in [0.2, 0.25) is 0 Å². The van der Waals surface area contributed by atoms with Gasteiger partial charge in [-0.1, -0.05) is 42.1 Å². The number of nitro groups is 1. The van der Waals surface area contributed by atoms with Crippen molar-refractivity contribution in [2.24, 2.45) is 7.05 Å². The third-order valence-corrected chi connectivity index (χ3v) is 6.79. The van der Waals surface area contributed by atoms with E-state index in [0.717, 1.165) is 22.9 Å². The van der Waals surface area contributed by atoms with Crippen LogP contribution < -0.4 is 10.9 Å². The van der Waals surface area contributed by atoms with E-state index >= 15 is 0 Å². The lowest BCUT2D eigenvalue weighted by Crippen LogP contribution is -2.21. The molecule has 8 nitrogen and oxygen atoms in total. The Bertz CT molecular complexity index is 1400. The van der Waals surface area contributed by atoms with Crippen LogP contribution >= 0.6 is 23.1 Å². The molecule has 0 fully saturated rings. The van der Waals surface area contributed by atoms with Crippen LogP contribution in [0.3, 0.4) is 0 Å². The van der Waals surface area contributed by atoms with Crippen molar-refractivity contribution in [2.75, 3.05) is 11.1 Å². The van der Waals surface area contributed by atoms with Gasteiger partial charge in [-0.2, -0.15) is 0 Å². The highest BCUT2D eigenvalue weighted by Crippen LogP contribution is 2.32. The standard InChI is InChI=1S/C22H18N4O4S2/c1-13-10-15(26(29)30)8-9-17(13)23-18(27)12-32-22-24-20-19(21(28)25(22)2)16(11-31-20)14-6-4-3-5-7-14/h3-11H,12H2,1-2H3,(H,23,27). The molecule has 0 atom stereocenters. The van der Waals surface area contributed by atoms with Crippen LogP contribution in [-0.2, 0) is 11.8 Å². The van der Waals surface area contributed by atoms with Crippen molar-refractivity contribution in [1.82, 2.24) is 9.55 Å². The molecule has 4 rings (SSSR count). The van der Waals surface area contributed by atoms with Crippen molar-refractivity contribution in [2.45, 2.75) is 12.1 Å². The zero-order chi connectivity index (χ0) is 22.8. The van der Waals surface area contributed by atoms with Crippen molar-refractivity contribution in [3.8, 4) is 11.1 Å². The maximum atomic E-state index is 13.0. The lowest BCUT2D eigenvalue weighted by Gasteiger charge is -2.10. The summed E-state index contributed by atoms with van der Waals surface area (Å²) in [5, 5.41) is 16.5. The van der Waals surface area contributed by atoms with Crippen LogP contribution in [0.1, 0.15) is 5.56 Å². The van der Waals surface area contributed by atoms with Crippen LogP contribution in [0.4, 0.5) is 11.4 Å². The van der Waals surface area contributed by atoms with Crippen LogP contribution in [0.25, 0.3) is 21.3 Å². The Morgan fingerprint density at radius 3 is 2.69 bits per heavy atom. The van der Waals surface area contributed by atoms with Gasteiger partial charge in [-0.15, -0.1) is 11.3 Å². The summed E-state index contributed by atoms with van der Waals surface area (Å²) in [7, 11) is 1.64. The van der Waals surface area contributed by atoms with Crippen LogP contribution in [0, 0.1) is 17.0 Å². The van der Waals surface area contributed by atoms with Crippen molar-refractivity contribution in [3.63, 3.8) is 0 Å². The van der Waals surface area contributed by atoms with E-state index in [1.165, 1.54) is 34.1 Å². The number of thioether (sulfide) groups is 1. The van der Waals surface area contributed by atoms with Gasteiger partial charge in [0.05, 0.1) is 16.1 Å². The zero-order valence-electron chi connectivity index (χ0n) is 17.2. The lowest BCUT2D eigenvalue weighted by molar-refractivity contribution is -0.384. The van der Waals surface area contributed by atoms with Gasteiger partial charge in [0.2, 0.25) is 5.91 Å². The number of amides is 1. The van der Waals surface area contributed by atoms with E-state index in [2.05, 4.69) is 10.3 Å². The normalized spacial score (nSPS) is 10.9. The van der Waals surface area contributed by atoms with E-state index in [0.29, 0.717) is 26.6 Å². The molecule has 0 aliphatic carbocycles. The molecule has 32 heavy (non-hydrogen) atoms. The molecule has 1 amide bonds. The van der Waals surface area contributed by atoms with Gasteiger partial charge in [0, 0.05) is 35.8 Å². The first-order valence-electron chi connectivity index (χ1n) is 9.56. The molecule has 0 saturated heterocycles. The van der Waals surface area contributed by atoms with Crippen LogP contribution in [-0.4, -0.2) is 26.1 Å². The van der Waals surface area contributed by atoms with Crippen molar-refractivity contribution < 1.29 is 9.72 Å². The fraction of sp³-hybridized carbons (Fsp3) is 0.136. The minimum Gasteiger partial charge on any atom is -0.325 e. The highest BCUT2D eigenvalue weighted by molar-refractivity contribution is 7.99. The number of nitrogens with one attached hydrogen (secondary N) is 1. The number of fused-ring (bicyclic) bond motifs is 1. The number of carbonyl (C=O) groups excluding carboxylic acids is 1. The average Bonchev–Trinajstić information content (AvgIpc) is 3.21. The predicted molar refractivity (Wildman–Crippen MR) is 127 cm³/mol. The Labute approximate surface area is 191 Å². The van der Waals surface area contributed by atoms with Crippen molar-refractivity contribution >= 4 is 50.6 Å². The number of hydrogen-bond acceptors (Lipinski definition) is 7. The van der Waals surface area contributed by atoms with E-state index in [9.17, 15) is 19.7 Å². The van der Waals surface area contributed by atoms with Crippen LogP contribution in [0.15, 0.2) is 63.9 Å².